The maximum atomic E-state index is 13.2. The smallest absolute Gasteiger partial charge is 0.266 e. The van der Waals surface area contributed by atoms with Gasteiger partial charge in [-0.3, -0.25) is 4.79 Å². The van der Waals surface area contributed by atoms with E-state index in [-0.39, 0.29) is 23.5 Å². The quantitative estimate of drug-likeness (QED) is 0.535. The zero-order valence-electron chi connectivity index (χ0n) is 18.2. The number of piperidine rings is 1. The molecule has 2 heterocycles. The maximum Gasteiger partial charge on any atom is 0.266 e. The highest BCUT2D eigenvalue weighted by Crippen LogP contribution is 2.29. The van der Waals surface area contributed by atoms with Gasteiger partial charge in [0.1, 0.15) is 23.1 Å². The molecule has 4 rings (SSSR count). The van der Waals surface area contributed by atoms with Crippen LogP contribution in [0, 0.1) is 11.6 Å². The van der Waals surface area contributed by atoms with E-state index in [9.17, 15) is 13.6 Å². The van der Waals surface area contributed by atoms with Gasteiger partial charge in [-0.2, -0.15) is 0 Å². The number of hydrogen-bond acceptors (Lipinski definition) is 4. The first-order valence-electron chi connectivity index (χ1n) is 10.7. The van der Waals surface area contributed by atoms with Crippen molar-refractivity contribution in [3.05, 3.63) is 83.6 Å². The second kappa shape index (κ2) is 9.10. The molecule has 0 saturated carbocycles. The summed E-state index contributed by atoms with van der Waals surface area (Å²) in [6.45, 7) is 4.56. The first-order valence-corrected chi connectivity index (χ1v) is 10.7. The minimum Gasteiger partial charge on any atom is -0.478 e. The normalized spacial score (nSPS) is 16.8. The van der Waals surface area contributed by atoms with Crippen molar-refractivity contribution in [2.24, 2.45) is 0 Å². The molecule has 0 radical (unpaired) electrons. The monoisotopic (exact) mass is 440 g/mol. The van der Waals surface area contributed by atoms with Gasteiger partial charge >= 0.3 is 0 Å². The average molecular weight is 440 g/mol. The van der Waals surface area contributed by atoms with Gasteiger partial charge in [-0.15, -0.1) is 0 Å². The summed E-state index contributed by atoms with van der Waals surface area (Å²) >= 11 is 0. The van der Waals surface area contributed by atoms with Gasteiger partial charge in [-0.1, -0.05) is 12.1 Å². The molecule has 1 fully saturated rings. The highest BCUT2D eigenvalue weighted by Gasteiger charge is 2.37. The van der Waals surface area contributed by atoms with Gasteiger partial charge in [0.05, 0.1) is 12.1 Å². The van der Waals surface area contributed by atoms with E-state index in [1.165, 1.54) is 36.4 Å². The lowest BCUT2D eigenvalue weighted by Crippen LogP contribution is -2.51. The van der Waals surface area contributed by atoms with Crippen LogP contribution in [0.15, 0.2) is 59.1 Å². The molecule has 1 atom stereocenters. The first kappa shape index (κ1) is 22.0. The Morgan fingerprint density at radius 2 is 1.78 bits per heavy atom. The predicted octanol–water partition coefficient (Wildman–Crippen LogP) is 5.11. The molecule has 168 valence electrons. The number of aromatic nitrogens is 1. The van der Waals surface area contributed by atoms with E-state index in [1.54, 1.807) is 37.1 Å². The van der Waals surface area contributed by atoms with E-state index >= 15 is 0 Å². The number of likely N-dealkylation sites (tertiary alicyclic amines) is 1. The van der Waals surface area contributed by atoms with Gasteiger partial charge in [0.15, 0.2) is 11.5 Å². The van der Waals surface area contributed by atoms with E-state index < -0.39 is 5.60 Å². The molecule has 5 nitrogen and oxygen atoms in total. The second-order valence-electron chi connectivity index (χ2n) is 8.62. The summed E-state index contributed by atoms with van der Waals surface area (Å²) in [5, 5.41) is 0. The molecule has 32 heavy (non-hydrogen) atoms. The lowest BCUT2D eigenvalue weighted by molar-refractivity contribution is -0.146. The van der Waals surface area contributed by atoms with Gasteiger partial charge in [0, 0.05) is 19.5 Å². The molecule has 0 N–H and O–H groups in total. The number of ether oxygens (including phenoxy) is 1. The number of nitrogens with zero attached hydrogens (tertiary/aromatic N) is 2. The topological polar surface area (TPSA) is 55.6 Å². The molecule has 0 unspecified atom stereocenters. The van der Waals surface area contributed by atoms with Crippen LogP contribution in [0.2, 0.25) is 0 Å². The molecule has 0 spiro atoms. The number of amides is 1. The lowest BCUT2D eigenvalue weighted by Gasteiger charge is -2.36. The van der Waals surface area contributed by atoms with Crippen molar-refractivity contribution in [2.75, 3.05) is 13.1 Å². The van der Waals surface area contributed by atoms with Crippen molar-refractivity contribution in [3.8, 4) is 5.75 Å². The van der Waals surface area contributed by atoms with Crippen LogP contribution in [0.25, 0.3) is 0 Å². The lowest BCUT2D eigenvalue weighted by atomic mass is 9.96. The fourth-order valence-electron chi connectivity index (χ4n) is 3.98. The number of rotatable bonds is 6. The van der Waals surface area contributed by atoms with Crippen molar-refractivity contribution in [1.82, 2.24) is 9.88 Å². The Hall–Kier alpha value is -3.22. The van der Waals surface area contributed by atoms with Gasteiger partial charge in [0.25, 0.3) is 5.91 Å². The number of carbonyl (C=O) groups is 1. The molecule has 7 heteroatoms. The SMILES string of the molecule is CC(C)(Oc1ccc(F)cc1)C(=O)N1CCC[C@H](c2ncc(Cc3ccc(F)cc3)o2)C1. The van der Waals surface area contributed by atoms with Gasteiger partial charge in [-0.05, 0) is 68.7 Å². The first-order chi connectivity index (χ1) is 15.3. The molecule has 1 amide bonds. The van der Waals surface area contributed by atoms with Crippen LogP contribution in [-0.2, 0) is 11.2 Å². The van der Waals surface area contributed by atoms with E-state index in [0.717, 1.165) is 18.4 Å². The molecule has 1 aliphatic rings. The highest BCUT2D eigenvalue weighted by molar-refractivity contribution is 5.85. The Morgan fingerprint density at radius 1 is 1.12 bits per heavy atom. The fraction of sp³-hybridized carbons (Fsp3) is 0.360. The van der Waals surface area contributed by atoms with Crippen molar-refractivity contribution in [3.63, 3.8) is 0 Å². The minimum absolute atomic E-state index is 0.00344. The van der Waals surface area contributed by atoms with Crippen LogP contribution < -0.4 is 4.74 Å². The van der Waals surface area contributed by atoms with E-state index in [0.29, 0.717) is 36.9 Å². The van der Waals surface area contributed by atoms with Crippen LogP contribution in [0.1, 0.15) is 49.8 Å². The standard InChI is InChI=1S/C25H26F2N2O3/c1-25(2,32-21-11-9-20(27)10-12-21)24(30)29-13-3-4-18(16-29)23-28-15-22(31-23)14-17-5-7-19(26)8-6-17/h5-12,15,18H,3-4,13-14,16H2,1-2H3/t18-/m0/s1. The molecule has 0 aliphatic carbocycles. The van der Waals surface area contributed by atoms with Crippen molar-refractivity contribution < 1.29 is 22.7 Å². The number of oxazole rings is 1. The predicted molar refractivity (Wildman–Crippen MR) is 115 cm³/mol. The summed E-state index contributed by atoms with van der Waals surface area (Å²) in [7, 11) is 0. The number of carbonyl (C=O) groups excluding carboxylic acids is 1. The van der Waals surface area contributed by atoms with E-state index in [4.69, 9.17) is 9.15 Å². The third-order valence-electron chi connectivity index (χ3n) is 5.62. The van der Waals surface area contributed by atoms with Crippen LogP contribution in [-0.4, -0.2) is 34.5 Å². The number of hydrogen-bond donors (Lipinski definition) is 0. The summed E-state index contributed by atoms with van der Waals surface area (Å²) < 4.78 is 38.1. The van der Waals surface area contributed by atoms with Crippen molar-refractivity contribution in [2.45, 2.75) is 44.6 Å². The summed E-state index contributed by atoms with van der Waals surface area (Å²) in [6, 6.07) is 11.9. The Labute approximate surface area is 186 Å². The Bertz CT molecular complexity index is 1060. The number of benzene rings is 2. The van der Waals surface area contributed by atoms with Crippen molar-refractivity contribution in [1.29, 1.82) is 0 Å². The van der Waals surface area contributed by atoms with Crippen LogP contribution in [0.5, 0.6) is 5.75 Å². The largest absolute Gasteiger partial charge is 0.478 e. The molecular formula is C25H26F2N2O3. The van der Waals surface area contributed by atoms with Crippen LogP contribution in [0.3, 0.4) is 0 Å². The Morgan fingerprint density at radius 3 is 2.47 bits per heavy atom. The Kier molecular flexibility index (Phi) is 6.26. The average Bonchev–Trinajstić information content (AvgIpc) is 3.25. The van der Waals surface area contributed by atoms with Gasteiger partial charge < -0.3 is 14.1 Å². The van der Waals surface area contributed by atoms with Crippen LogP contribution in [0.4, 0.5) is 8.78 Å². The zero-order chi connectivity index (χ0) is 22.7. The summed E-state index contributed by atoms with van der Waals surface area (Å²) in [6.07, 6.45) is 3.93. The Balaban J connectivity index is 1.40. The van der Waals surface area contributed by atoms with Gasteiger partial charge in [0.2, 0.25) is 0 Å². The summed E-state index contributed by atoms with van der Waals surface area (Å²) in [5.41, 5.74) is -0.154. The summed E-state index contributed by atoms with van der Waals surface area (Å²) in [5.74, 6) is 0.986. The maximum absolute atomic E-state index is 13.2. The molecular weight excluding hydrogens is 414 g/mol. The third kappa shape index (κ3) is 5.15. The second-order valence-corrected chi connectivity index (χ2v) is 8.62. The van der Waals surface area contributed by atoms with Gasteiger partial charge in [-0.25, -0.2) is 13.8 Å². The van der Waals surface area contributed by atoms with Crippen molar-refractivity contribution >= 4 is 5.91 Å². The van der Waals surface area contributed by atoms with Crippen LogP contribution >= 0.6 is 0 Å². The fourth-order valence-corrected chi connectivity index (χ4v) is 3.98. The minimum atomic E-state index is -1.09. The zero-order valence-corrected chi connectivity index (χ0v) is 18.2. The molecule has 0 bridgehead atoms. The van der Waals surface area contributed by atoms with E-state index in [1.807, 2.05) is 0 Å². The highest BCUT2D eigenvalue weighted by atomic mass is 19.1. The third-order valence-corrected chi connectivity index (χ3v) is 5.62. The summed E-state index contributed by atoms with van der Waals surface area (Å²) in [4.78, 5) is 19.4. The molecule has 3 aromatic rings. The molecule has 1 aromatic heterocycles. The molecule has 2 aromatic carbocycles. The number of halogens is 2. The molecule has 1 aliphatic heterocycles. The molecule has 1 saturated heterocycles. The van der Waals surface area contributed by atoms with E-state index in [2.05, 4.69) is 4.98 Å².